The van der Waals surface area contributed by atoms with E-state index in [0.29, 0.717) is 30.0 Å². The van der Waals surface area contributed by atoms with E-state index in [2.05, 4.69) is 5.32 Å². The Morgan fingerprint density at radius 1 is 1.12 bits per heavy atom. The van der Waals surface area contributed by atoms with Gasteiger partial charge in [0.2, 0.25) is 5.91 Å². The molecule has 5 nitrogen and oxygen atoms in total. The van der Waals surface area contributed by atoms with Crippen molar-refractivity contribution in [2.75, 3.05) is 25.0 Å². The summed E-state index contributed by atoms with van der Waals surface area (Å²) in [7, 11) is 0. The number of hydrogen-bond acceptors (Lipinski definition) is 3. The monoisotopic (exact) mass is 346 g/mol. The summed E-state index contributed by atoms with van der Waals surface area (Å²) < 4.78 is 31.5. The molecule has 1 heterocycles. The first-order valence-corrected chi connectivity index (χ1v) is 7.80. The summed E-state index contributed by atoms with van der Waals surface area (Å²) >= 11 is 0. The molecule has 1 aliphatic heterocycles. The zero-order valence-electron chi connectivity index (χ0n) is 13.3. The fraction of sp³-hybridized carbons (Fsp3) is 0.222. The predicted octanol–water partition coefficient (Wildman–Crippen LogP) is 3.41. The highest BCUT2D eigenvalue weighted by Gasteiger charge is 2.22. The number of cyclic esters (lactones) is 1. The van der Waals surface area contributed by atoms with E-state index in [0.717, 1.165) is 0 Å². The second-order valence-electron chi connectivity index (χ2n) is 5.60. The number of benzene rings is 2. The summed E-state index contributed by atoms with van der Waals surface area (Å²) in [6.45, 7) is 1.04. The number of carbonyl (C=O) groups excluding carboxylic acids is 2. The summed E-state index contributed by atoms with van der Waals surface area (Å²) in [6, 6.07) is 9.53. The maximum Gasteiger partial charge on any atom is 0.409 e. The van der Waals surface area contributed by atoms with Crippen molar-refractivity contribution in [3.63, 3.8) is 0 Å². The Labute approximate surface area is 143 Å². The lowest BCUT2D eigenvalue weighted by atomic mass is 10.0. The first-order valence-electron chi connectivity index (χ1n) is 7.80. The molecule has 0 bridgehead atoms. The standard InChI is InChI=1S/C18H16F2N2O3/c19-13-3-1-12(2-4-13)15-11-14(20)5-6-16(15)21-17(23)7-8-22-9-10-25-18(22)24/h1-6,11H,7-10H2,(H,21,23). The van der Waals surface area contributed by atoms with E-state index in [1.807, 2.05) is 0 Å². The van der Waals surface area contributed by atoms with Crippen molar-refractivity contribution in [3.05, 3.63) is 54.1 Å². The van der Waals surface area contributed by atoms with Crippen LogP contribution in [0.15, 0.2) is 42.5 Å². The van der Waals surface area contributed by atoms with Crippen LogP contribution in [0.1, 0.15) is 6.42 Å². The number of anilines is 1. The van der Waals surface area contributed by atoms with Gasteiger partial charge in [0, 0.05) is 24.2 Å². The molecule has 0 aliphatic carbocycles. The Bertz CT molecular complexity index is 793. The number of nitrogens with zero attached hydrogens (tertiary/aromatic N) is 1. The third kappa shape index (κ3) is 4.12. The first-order chi connectivity index (χ1) is 12.0. The number of rotatable bonds is 5. The van der Waals surface area contributed by atoms with Crippen molar-refractivity contribution in [1.82, 2.24) is 4.90 Å². The lowest BCUT2D eigenvalue weighted by Gasteiger charge is -2.14. The van der Waals surface area contributed by atoms with Crippen molar-refractivity contribution < 1.29 is 23.1 Å². The number of halogens is 2. The summed E-state index contributed by atoms with van der Waals surface area (Å²) in [6.07, 6.45) is -0.336. The Kier molecular flexibility index (Phi) is 4.92. The van der Waals surface area contributed by atoms with Gasteiger partial charge in [0.1, 0.15) is 18.2 Å². The Balaban J connectivity index is 1.72. The van der Waals surface area contributed by atoms with Crippen LogP contribution < -0.4 is 5.32 Å². The maximum absolute atomic E-state index is 13.6. The normalized spacial score (nSPS) is 13.7. The molecular formula is C18H16F2N2O3. The fourth-order valence-corrected chi connectivity index (χ4v) is 2.57. The predicted molar refractivity (Wildman–Crippen MR) is 88.0 cm³/mol. The molecule has 0 radical (unpaired) electrons. The van der Waals surface area contributed by atoms with Gasteiger partial charge in [0.05, 0.1) is 6.54 Å². The molecule has 130 valence electrons. The average Bonchev–Trinajstić information content (AvgIpc) is 3.00. The van der Waals surface area contributed by atoms with Crippen LogP contribution in [-0.2, 0) is 9.53 Å². The van der Waals surface area contributed by atoms with Gasteiger partial charge in [-0.3, -0.25) is 4.79 Å². The molecule has 7 heteroatoms. The van der Waals surface area contributed by atoms with Crippen LogP contribution in [0.2, 0.25) is 0 Å². The third-order valence-electron chi connectivity index (χ3n) is 3.86. The number of hydrogen-bond donors (Lipinski definition) is 1. The quantitative estimate of drug-likeness (QED) is 0.903. The minimum Gasteiger partial charge on any atom is -0.448 e. The fourth-order valence-electron chi connectivity index (χ4n) is 2.57. The van der Waals surface area contributed by atoms with E-state index in [-0.39, 0.29) is 18.9 Å². The summed E-state index contributed by atoms with van der Waals surface area (Å²) in [5.41, 5.74) is 1.45. The van der Waals surface area contributed by atoms with E-state index >= 15 is 0 Å². The van der Waals surface area contributed by atoms with Crippen LogP contribution in [0.4, 0.5) is 19.3 Å². The van der Waals surface area contributed by atoms with Gasteiger partial charge in [0.15, 0.2) is 0 Å². The van der Waals surface area contributed by atoms with E-state index in [1.54, 1.807) is 0 Å². The number of nitrogens with one attached hydrogen (secondary N) is 1. The largest absolute Gasteiger partial charge is 0.448 e. The molecule has 25 heavy (non-hydrogen) atoms. The minimum absolute atomic E-state index is 0.0926. The number of amides is 2. The van der Waals surface area contributed by atoms with Gasteiger partial charge in [-0.25, -0.2) is 13.6 Å². The van der Waals surface area contributed by atoms with Gasteiger partial charge in [-0.2, -0.15) is 0 Å². The number of carbonyl (C=O) groups is 2. The Morgan fingerprint density at radius 2 is 1.84 bits per heavy atom. The van der Waals surface area contributed by atoms with Crippen LogP contribution in [0.25, 0.3) is 11.1 Å². The molecule has 2 amide bonds. The minimum atomic E-state index is -0.461. The topological polar surface area (TPSA) is 58.6 Å². The van der Waals surface area contributed by atoms with E-state index in [9.17, 15) is 18.4 Å². The second kappa shape index (κ2) is 7.29. The van der Waals surface area contributed by atoms with Gasteiger partial charge < -0.3 is 15.0 Å². The van der Waals surface area contributed by atoms with Gasteiger partial charge in [0.25, 0.3) is 0 Å². The van der Waals surface area contributed by atoms with Crippen LogP contribution in [0.5, 0.6) is 0 Å². The molecular weight excluding hydrogens is 330 g/mol. The molecule has 2 aromatic carbocycles. The molecule has 1 saturated heterocycles. The first kappa shape index (κ1) is 16.9. The van der Waals surface area contributed by atoms with E-state index in [4.69, 9.17) is 4.74 Å². The Morgan fingerprint density at radius 3 is 2.52 bits per heavy atom. The smallest absolute Gasteiger partial charge is 0.409 e. The van der Waals surface area contributed by atoms with Crippen molar-refractivity contribution in [2.45, 2.75) is 6.42 Å². The zero-order chi connectivity index (χ0) is 17.8. The van der Waals surface area contributed by atoms with Crippen molar-refractivity contribution in [2.24, 2.45) is 0 Å². The molecule has 0 aromatic heterocycles. The van der Waals surface area contributed by atoms with Gasteiger partial charge in [-0.15, -0.1) is 0 Å². The lowest BCUT2D eigenvalue weighted by Crippen LogP contribution is -2.28. The highest BCUT2D eigenvalue weighted by molar-refractivity contribution is 5.95. The Hall–Kier alpha value is -2.96. The van der Waals surface area contributed by atoms with Crippen molar-refractivity contribution >= 4 is 17.7 Å². The summed E-state index contributed by atoms with van der Waals surface area (Å²) in [4.78, 5) is 25.0. The molecule has 0 saturated carbocycles. The molecule has 3 rings (SSSR count). The van der Waals surface area contributed by atoms with Crippen LogP contribution in [0.3, 0.4) is 0 Å². The molecule has 1 N–H and O–H groups in total. The van der Waals surface area contributed by atoms with Crippen LogP contribution in [0, 0.1) is 11.6 Å². The molecule has 0 spiro atoms. The molecule has 1 fully saturated rings. The molecule has 0 unspecified atom stereocenters. The zero-order valence-corrected chi connectivity index (χ0v) is 13.3. The van der Waals surface area contributed by atoms with Crippen molar-refractivity contribution in [1.29, 1.82) is 0 Å². The van der Waals surface area contributed by atoms with Gasteiger partial charge in [-0.05, 0) is 35.9 Å². The van der Waals surface area contributed by atoms with Crippen LogP contribution in [-0.4, -0.2) is 36.6 Å². The average molecular weight is 346 g/mol. The maximum atomic E-state index is 13.6. The van der Waals surface area contributed by atoms with E-state index < -0.39 is 17.7 Å². The second-order valence-corrected chi connectivity index (χ2v) is 5.60. The summed E-state index contributed by atoms with van der Waals surface area (Å²) in [5.74, 6) is -1.17. The van der Waals surface area contributed by atoms with Gasteiger partial charge >= 0.3 is 6.09 Å². The molecule has 1 aliphatic rings. The molecule has 0 atom stereocenters. The van der Waals surface area contributed by atoms with Crippen LogP contribution >= 0.6 is 0 Å². The summed E-state index contributed by atoms with van der Waals surface area (Å²) in [5, 5.41) is 2.71. The SMILES string of the molecule is O=C(CCN1CCOC1=O)Nc1ccc(F)cc1-c1ccc(F)cc1. The lowest BCUT2D eigenvalue weighted by molar-refractivity contribution is -0.116. The molecule has 2 aromatic rings. The van der Waals surface area contributed by atoms with Gasteiger partial charge in [-0.1, -0.05) is 12.1 Å². The highest BCUT2D eigenvalue weighted by atomic mass is 19.1. The van der Waals surface area contributed by atoms with E-state index in [1.165, 1.54) is 47.4 Å². The highest BCUT2D eigenvalue weighted by Crippen LogP contribution is 2.29. The van der Waals surface area contributed by atoms with Crippen molar-refractivity contribution in [3.8, 4) is 11.1 Å². The third-order valence-corrected chi connectivity index (χ3v) is 3.86. The number of ether oxygens (including phenoxy) is 1.